The van der Waals surface area contributed by atoms with Crippen molar-refractivity contribution in [2.24, 2.45) is 0 Å². The molecule has 3 rings (SSSR count). The van der Waals surface area contributed by atoms with Gasteiger partial charge in [-0.1, -0.05) is 40.0 Å². The molecule has 0 saturated heterocycles. The molecule has 0 radical (unpaired) electrons. The Morgan fingerprint density at radius 3 is 2.52 bits per heavy atom. The van der Waals surface area contributed by atoms with Gasteiger partial charge >= 0.3 is 5.97 Å². The molecule has 1 heterocycles. The normalized spacial score (nSPS) is 10.7. The van der Waals surface area contributed by atoms with Crippen LogP contribution < -0.4 is 4.74 Å². The molecule has 0 N–H and O–H groups in total. The summed E-state index contributed by atoms with van der Waals surface area (Å²) in [7, 11) is 0. The minimum Gasteiger partial charge on any atom is -0.480 e. The molecule has 1 aromatic heterocycles. The predicted octanol–water partition coefficient (Wildman–Crippen LogP) is 4.96. The third-order valence-electron chi connectivity index (χ3n) is 3.25. The van der Waals surface area contributed by atoms with E-state index in [1.807, 2.05) is 0 Å². The fraction of sp³-hybridized carbons (Fsp3) is 0.118. The molecule has 0 bridgehead atoms. The first-order valence-corrected chi connectivity index (χ1v) is 8.57. The highest BCUT2D eigenvalue weighted by Crippen LogP contribution is 2.33. The van der Waals surface area contributed by atoms with Gasteiger partial charge in [0.1, 0.15) is 11.6 Å². The first-order chi connectivity index (χ1) is 12.9. The number of nitrogens with zero attached hydrogens (tertiary/aromatic N) is 2. The van der Waals surface area contributed by atoms with E-state index in [9.17, 15) is 9.18 Å². The van der Waals surface area contributed by atoms with Crippen LogP contribution in [0.3, 0.4) is 0 Å². The van der Waals surface area contributed by atoms with Gasteiger partial charge in [-0.05, 0) is 30.3 Å². The van der Waals surface area contributed by atoms with E-state index < -0.39 is 12.6 Å². The van der Waals surface area contributed by atoms with Crippen molar-refractivity contribution in [2.75, 3.05) is 6.61 Å². The number of aromatic nitrogens is 2. The summed E-state index contributed by atoms with van der Waals surface area (Å²) in [5.41, 5.74) is 0.565. The van der Waals surface area contributed by atoms with Gasteiger partial charge in [0.05, 0.1) is 15.1 Å². The van der Waals surface area contributed by atoms with Crippen LogP contribution in [0.1, 0.15) is 5.89 Å². The second-order valence-electron chi connectivity index (χ2n) is 5.16. The van der Waals surface area contributed by atoms with E-state index in [2.05, 4.69) is 10.1 Å². The second-order valence-corrected chi connectivity index (χ2v) is 6.39. The van der Waals surface area contributed by atoms with Crippen LogP contribution >= 0.6 is 34.8 Å². The summed E-state index contributed by atoms with van der Waals surface area (Å²) in [6.45, 7) is -0.651. The lowest BCUT2D eigenvalue weighted by atomic mass is 10.2. The minimum absolute atomic E-state index is 0.0789. The molecule has 140 valence electrons. The van der Waals surface area contributed by atoms with E-state index in [1.54, 1.807) is 0 Å². The summed E-state index contributed by atoms with van der Waals surface area (Å²) in [4.78, 5) is 15.9. The Morgan fingerprint density at radius 2 is 1.78 bits per heavy atom. The van der Waals surface area contributed by atoms with Crippen LogP contribution in [-0.2, 0) is 16.1 Å². The summed E-state index contributed by atoms with van der Waals surface area (Å²) in [6, 6.07) is 8.36. The van der Waals surface area contributed by atoms with Crippen LogP contribution in [0.2, 0.25) is 15.1 Å². The van der Waals surface area contributed by atoms with Gasteiger partial charge in [0.25, 0.3) is 5.89 Å². The van der Waals surface area contributed by atoms with E-state index in [-0.39, 0.29) is 45.0 Å². The monoisotopic (exact) mass is 430 g/mol. The number of rotatable bonds is 6. The Bertz CT molecular complexity index is 963. The van der Waals surface area contributed by atoms with Crippen molar-refractivity contribution in [1.82, 2.24) is 10.1 Å². The number of esters is 1. The molecule has 10 heteroatoms. The summed E-state index contributed by atoms with van der Waals surface area (Å²) in [5.74, 6) is -0.535. The average Bonchev–Trinajstić information content (AvgIpc) is 3.11. The summed E-state index contributed by atoms with van der Waals surface area (Å²) in [6.07, 6.45) is 0. The molecule has 27 heavy (non-hydrogen) atoms. The van der Waals surface area contributed by atoms with Gasteiger partial charge in [0.2, 0.25) is 5.82 Å². The lowest BCUT2D eigenvalue weighted by molar-refractivity contribution is -0.148. The van der Waals surface area contributed by atoms with Crippen LogP contribution in [0.25, 0.3) is 11.4 Å². The molecule has 0 unspecified atom stereocenters. The van der Waals surface area contributed by atoms with Crippen LogP contribution in [0.5, 0.6) is 5.75 Å². The number of halogens is 4. The third kappa shape index (κ3) is 5.09. The zero-order valence-electron chi connectivity index (χ0n) is 13.4. The molecule has 0 amide bonds. The van der Waals surface area contributed by atoms with Gasteiger partial charge in [-0.3, -0.25) is 0 Å². The molecular weight excluding hydrogens is 422 g/mol. The van der Waals surface area contributed by atoms with Crippen LogP contribution in [0, 0.1) is 5.82 Å². The predicted molar refractivity (Wildman–Crippen MR) is 96.5 cm³/mol. The van der Waals surface area contributed by atoms with E-state index in [0.717, 1.165) is 0 Å². The van der Waals surface area contributed by atoms with Crippen molar-refractivity contribution >= 4 is 40.8 Å². The highest BCUT2D eigenvalue weighted by molar-refractivity contribution is 6.43. The van der Waals surface area contributed by atoms with Gasteiger partial charge in [0.15, 0.2) is 13.2 Å². The number of carbonyl (C=O) groups is 1. The molecule has 3 aromatic rings. The zero-order valence-corrected chi connectivity index (χ0v) is 15.7. The number of hydrogen-bond acceptors (Lipinski definition) is 6. The van der Waals surface area contributed by atoms with Crippen molar-refractivity contribution in [3.63, 3.8) is 0 Å². The lowest BCUT2D eigenvalue weighted by Crippen LogP contribution is -2.15. The van der Waals surface area contributed by atoms with Gasteiger partial charge in [0, 0.05) is 11.6 Å². The molecule has 2 aromatic carbocycles. The van der Waals surface area contributed by atoms with Crippen LogP contribution in [0.4, 0.5) is 4.39 Å². The molecule has 0 saturated carbocycles. The average molecular weight is 432 g/mol. The smallest absolute Gasteiger partial charge is 0.344 e. The van der Waals surface area contributed by atoms with Crippen molar-refractivity contribution in [3.05, 3.63) is 63.2 Å². The van der Waals surface area contributed by atoms with E-state index in [1.165, 1.54) is 36.4 Å². The van der Waals surface area contributed by atoms with Gasteiger partial charge < -0.3 is 14.0 Å². The third-order valence-corrected chi connectivity index (χ3v) is 4.26. The van der Waals surface area contributed by atoms with Crippen molar-refractivity contribution < 1.29 is 23.2 Å². The first-order valence-electron chi connectivity index (χ1n) is 7.44. The maximum atomic E-state index is 12.9. The standard InChI is InChI=1S/C17H10Cl3FN2O4/c18-11-5-13(20)14(6-12(11)19)25-8-16(24)26-7-15-22-17(23-27-15)9-1-3-10(21)4-2-9/h1-6H,7-8H2. The molecule has 0 aliphatic rings. The van der Waals surface area contributed by atoms with Crippen molar-refractivity contribution in [2.45, 2.75) is 6.61 Å². The Morgan fingerprint density at radius 1 is 1.07 bits per heavy atom. The Balaban J connectivity index is 1.52. The summed E-state index contributed by atoms with van der Waals surface area (Å²) >= 11 is 17.6. The zero-order chi connectivity index (χ0) is 19.4. The van der Waals surface area contributed by atoms with Crippen LogP contribution in [-0.4, -0.2) is 22.7 Å². The number of carbonyl (C=O) groups excluding carboxylic acids is 1. The van der Waals surface area contributed by atoms with Crippen LogP contribution in [0.15, 0.2) is 40.9 Å². The van der Waals surface area contributed by atoms with E-state index in [4.69, 9.17) is 48.8 Å². The minimum atomic E-state index is -0.682. The fourth-order valence-electron chi connectivity index (χ4n) is 1.97. The molecule has 0 fully saturated rings. The quantitative estimate of drug-likeness (QED) is 0.406. The lowest BCUT2D eigenvalue weighted by Gasteiger charge is -2.08. The molecule has 0 aliphatic carbocycles. The van der Waals surface area contributed by atoms with Gasteiger partial charge in [-0.15, -0.1) is 0 Å². The highest BCUT2D eigenvalue weighted by atomic mass is 35.5. The second kappa shape index (κ2) is 8.56. The number of ether oxygens (including phenoxy) is 2. The largest absolute Gasteiger partial charge is 0.480 e. The molecule has 0 spiro atoms. The van der Waals surface area contributed by atoms with Gasteiger partial charge in [-0.2, -0.15) is 4.98 Å². The highest BCUT2D eigenvalue weighted by Gasteiger charge is 2.13. The maximum absolute atomic E-state index is 12.9. The fourth-order valence-corrected chi connectivity index (χ4v) is 2.56. The topological polar surface area (TPSA) is 74.5 Å². The number of hydrogen-bond donors (Lipinski definition) is 0. The summed E-state index contributed by atoms with van der Waals surface area (Å²) < 4.78 is 28.2. The molecule has 0 aliphatic heterocycles. The van der Waals surface area contributed by atoms with Gasteiger partial charge in [-0.25, -0.2) is 9.18 Å². The van der Waals surface area contributed by atoms with Crippen molar-refractivity contribution in [3.8, 4) is 17.1 Å². The SMILES string of the molecule is O=C(COc1cc(Cl)c(Cl)cc1Cl)OCc1nc(-c2ccc(F)cc2)no1. The molecule has 6 nitrogen and oxygen atoms in total. The summed E-state index contributed by atoms with van der Waals surface area (Å²) in [5, 5.41) is 4.46. The maximum Gasteiger partial charge on any atom is 0.344 e. The van der Waals surface area contributed by atoms with Crippen molar-refractivity contribution in [1.29, 1.82) is 0 Å². The Hall–Kier alpha value is -2.35. The first kappa shape index (κ1) is 19.4. The molecular formula is C17H10Cl3FN2O4. The van der Waals surface area contributed by atoms with E-state index >= 15 is 0 Å². The number of benzene rings is 2. The Kier molecular flexibility index (Phi) is 6.15. The molecule has 0 atom stereocenters. The Labute approximate surface area is 167 Å². The van der Waals surface area contributed by atoms with E-state index in [0.29, 0.717) is 5.56 Å².